The van der Waals surface area contributed by atoms with Crippen molar-refractivity contribution in [2.75, 3.05) is 14.2 Å². The van der Waals surface area contributed by atoms with Crippen molar-refractivity contribution in [3.63, 3.8) is 0 Å². The van der Waals surface area contributed by atoms with Gasteiger partial charge in [-0.05, 0) is 91.1 Å². The van der Waals surface area contributed by atoms with Crippen LogP contribution >= 0.6 is 34.8 Å². The van der Waals surface area contributed by atoms with Crippen molar-refractivity contribution in [1.29, 1.82) is 5.41 Å². The molecular weight excluding hydrogens is 933 g/mol. The zero-order valence-corrected chi connectivity index (χ0v) is 42.5. The summed E-state index contributed by atoms with van der Waals surface area (Å²) in [7, 11) is 3.38. The lowest BCUT2D eigenvalue weighted by molar-refractivity contribution is -0.265. The Hall–Kier alpha value is -5.73. The smallest absolute Gasteiger partial charge is 0.497 e. The number of halogens is 3. The molecule has 13 nitrogen and oxygen atoms in total. The number of allylic oxidation sites excluding steroid dienone is 2. The largest absolute Gasteiger partial charge is 0.509 e. The molecule has 68 heavy (non-hydrogen) atoms. The maximum atomic E-state index is 11.4. The SMILES string of the molecule is C/C=C(/NC(=O)OCc1ccccc1)C(C)=O.CC(C)c1cc2ccccc2[nH]1.COc1cccc(-c2cc(C(C)C)ccc2OC)c1.C[C@@H]1[C@H]2OC(=O)O[C@H]2C(OC(=N)C(Cl)(Cl)Cl)OC1(C)C. The van der Waals surface area contributed by atoms with Gasteiger partial charge < -0.3 is 38.1 Å². The molecule has 0 saturated carbocycles. The number of hydrogen-bond donors (Lipinski definition) is 3. The van der Waals surface area contributed by atoms with Gasteiger partial charge in [-0.1, -0.05) is 142 Å². The predicted octanol–water partition coefficient (Wildman–Crippen LogP) is 13.2. The summed E-state index contributed by atoms with van der Waals surface area (Å²) in [6.45, 7) is 17.5. The number of Topliss-reactive ketones (excluding diaryl/α,β-unsaturated/α-hetero) is 1. The van der Waals surface area contributed by atoms with Crippen LogP contribution in [-0.2, 0) is 35.1 Å². The molecule has 4 aromatic carbocycles. The molecule has 0 bridgehead atoms. The van der Waals surface area contributed by atoms with Gasteiger partial charge in [0.2, 0.25) is 18.3 Å². The Balaban J connectivity index is 0.000000200. The topological polar surface area (TPSA) is 167 Å². The molecule has 1 aromatic heterocycles. The summed E-state index contributed by atoms with van der Waals surface area (Å²) in [4.78, 5) is 37.1. The number of carbonyl (C=O) groups is 3. The molecule has 1 amide bonds. The summed E-state index contributed by atoms with van der Waals surface area (Å²) in [5.41, 5.74) is 6.55. The molecule has 2 saturated heterocycles. The van der Waals surface area contributed by atoms with Gasteiger partial charge in [-0.25, -0.2) is 9.59 Å². The number of aromatic nitrogens is 1. The van der Waals surface area contributed by atoms with Crippen LogP contribution < -0.4 is 14.8 Å². The van der Waals surface area contributed by atoms with Gasteiger partial charge in [0, 0.05) is 29.6 Å². The van der Waals surface area contributed by atoms with E-state index in [-0.39, 0.29) is 24.0 Å². The minimum absolute atomic E-state index is 0.124. The molecule has 3 heterocycles. The first-order valence-electron chi connectivity index (χ1n) is 22.0. The van der Waals surface area contributed by atoms with Crippen molar-refractivity contribution >= 4 is 69.6 Å². The molecule has 0 aliphatic carbocycles. The highest BCUT2D eigenvalue weighted by atomic mass is 35.6. The van der Waals surface area contributed by atoms with Gasteiger partial charge in [0.1, 0.15) is 18.1 Å². The predicted molar refractivity (Wildman–Crippen MR) is 268 cm³/mol. The molecule has 0 radical (unpaired) electrons. The zero-order valence-electron chi connectivity index (χ0n) is 40.3. The van der Waals surface area contributed by atoms with Gasteiger partial charge in [-0.15, -0.1) is 0 Å². The number of rotatable bonds is 10. The Kier molecular flexibility index (Phi) is 20.2. The van der Waals surface area contributed by atoms with Crippen molar-refractivity contribution in [3.05, 3.63) is 132 Å². The lowest BCUT2D eigenvalue weighted by Gasteiger charge is -2.44. The lowest BCUT2D eigenvalue weighted by atomic mass is 9.82. The summed E-state index contributed by atoms with van der Waals surface area (Å²) in [6.07, 6.45) is -2.32. The van der Waals surface area contributed by atoms with E-state index in [1.165, 1.54) is 35.2 Å². The number of carbonyl (C=O) groups excluding carboxylic acids is 3. The first-order chi connectivity index (χ1) is 32.1. The number of methoxy groups -OCH3 is 2. The molecule has 366 valence electrons. The molecule has 0 spiro atoms. The molecule has 2 aliphatic rings. The van der Waals surface area contributed by atoms with Crippen molar-refractivity contribution in [3.8, 4) is 22.6 Å². The fourth-order valence-corrected chi connectivity index (χ4v) is 7.00. The molecule has 3 N–H and O–H groups in total. The van der Waals surface area contributed by atoms with Crippen molar-refractivity contribution in [1.82, 2.24) is 10.3 Å². The van der Waals surface area contributed by atoms with E-state index in [4.69, 9.17) is 73.4 Å². The van der Waals surface area contributed by atoms with Crippen molar-refractivity contribution in [2.45, 2.75) is 109 Å². The Morgan fingerprint density at radius 3 is 2.12 bits per heavy atom. The molecule has 2 fully saturated rings. The van der Waals surface area contributed by atoms with Crippen molar-refractivity contribution < 1.29 is 47.5 Å². The van der Waals surface area contributed by atoms with Gasteiger partial charge in [-0.3, -0.25) is 15.5 Å². The van der Waals surface area contributed by atoms with Gasteiger partial charge in [0.15, 0.2) is 11.9 Å². The highest BCUT2D eigenvalue weighted by Gasteiger charge is 2.57. The maximum Gasteiger partial charge on any atom is 0.509 e. The number of ketones is 1. The summed E-state index contributed by atoms with van der Waals surface area (Å²) in [5.74, 6) is 1.88. The Bertz CT molecular complexity index is 2470. The van der Waals surface area contributed by atoms with Crippen LogP contribution in [0.2, 0.25) is 0 Å². The monoisotopic (exact) mass is 993 g/mol. The third kappa shape index (κ3) is 15.7. The van der Waals surface area contributed by atoms with E-state index >= 15 is 0 Å². The number of fused-ring (bicyclic) bond motifs is 2. The summed E-state index contributed by atoms with van der Waals surface area (Å²) in [6, 6.07) is 34.3. The summed E-state index contributed by atoms with van der Waals surface area (Å²) < 4.78 is 34.8. The molecule has 7 rings (SSSR count). The van der Waals surface area contributed by atoms with Crippen LogP contribution in [0.15, 0.2) is 115 Å². The van der Waals surface area contributed by atoms with Gasteiger partial charge in [0.25, 0.3) is 3.79 Å². The number of alkyl carbamates (subject to hydrolysis) is 1. The van der Waals surface area contributed by atoms with E-state index in [1.54, 1.807) is 21.1 Å². The second kappa shape index (κ2) is 25.0. The minimum atomic E-state index is -2.02. The molecule has 2 aliphatic heterocycles. The first-order valence-corrected chi connectivity index (χ1v) is 23.1. The van der Waals surface area contributed by atoms with Gasteiger partial charge >= 0.3 is 12.2 Å². The Morgan fingerprint density at radius 2 is 1.53 bits per heavy atom. The molecule has 4 atom stereocenters. The van der Waals surface area contributed by atoms with E-state index in [0.717, 1.165) is 28.2 Å². The summed E-state index contributed by atoms with van der Waals surface area (Å²) >= 11 is 16.7. The highest BCUT2D eigenvalue weighted by Crippen LogP contribution is 2.42. The number of nitrogens with one attached hydrogen (secondary N) is 3. The Morgan fingerprint density at radius 1 is 0.868 bits per heavy atom. The number of benzene rings is 4. The fraction of sp³-hybridized carbons (Fsp3) is 0.385. The lowest BCUT2D eigenvalue weighted by Crippen LogP contribution is -2.58. The quantitative estimate of drug-likeness (QED) is 0.0403. The summed E-state index contributed by atoms with van der Waals surface area (Å²) in [5, 5.41) is 11.3. The number of ether oxygens (including phenoxy) is 7. The normalized spacial score (nSPS) is 18.2. The molecule has 5 aromatic rings. The number of H-pyrrole nitrogens is 1. The second-order valence-electron chi connectivity index (χ2n) is 17.0. The zero-order chi connectivity index (χ0) is 50.3. The number of aromatic amines is 1. The number of hydrogen-bond acceptors (Lipinski definition) is 11. The van der Waals surface area contributed by atoms with Crippen LogP contribution in [0.1, 0.15) is 91.0 Å². The fourth-order valence-electron chi connectivity index (χ4n) is 6.86. The van der Waals surface area contributed by atoms with E-state index in [9.17, 15) is 14.4 Å². The standard InChI is InChI=1S/C17H20O2.C13H15NO3.C11H14Cl3NO5.C11H13N/c1-12(2)13-8-9-17(19-4)16(11-13)14-6-5-7-15(10-14)18-3;1-3-12(10(2)15)14-13(16)17-9-11-7-5-4-6-8-11;1-4-5-6(18-9(16)17-5)7(20-10(4,2)3)19-8(15)11(12,13)14;1-8(2)11-7-9-5-3-4-6-10(9)12-11/h5-12H,1-4H3;3-8H,9H2,1-2H3,(H,14,16);4-7,15H,1-3H3;3-8,12H,1-2H3/b;12-3+;;/t;;4-,5-,6-,7?;/m..1./s1. The maximum absolute atomic E-state index is 11.4. The molecular formula is C52H62Cl3N3O10. The van der Waals surface area contributed by atoms with Crippen LogP contribution in [-0.4, -0.2) is 71.0 Å². The van der Waals surface area contributed by atoms with E-state index in [2.05, 4.69) is 86.5 Å². The average Bonchev–Trinajstić information content (AvgIpc) is 3.94. The van der Waals surface area contributed by atoms with E-state index in [0.29, 0.717) is 11.8 Å². The Labute approximate surface area is 414 Å². The highest BCUT2D eigenvalue weighted by molar-refractivity contribution is 6.76. The number of para-hydroxylation sites is 1. The average molecular weight is 995 g/mol. The van der Waals surface area contributed by atoms with E-state index < -0.39 is 46.0 Å². The van der Waals surface area contributed by atoms with Crippen LogP contribution in [0.5, 0.6) is 11.5 Å². The third-order valence-electron chi connectivity index (χ3n) is 11.1. The molecule has 16 heteroatoms. The van der Waals surface area contributed by atoms with Gasteiger partial charge in [-0.2, -0.15) is 0 Å². The van der Waals surface area contributed by atoms with Crippen LogP contribution in [0.4, 0.5) is 9.59 Å². The van der Waals surface area contributed by atoms with Crippen LogP contribution in [0.25, 0.3) is 22.0 Å². The van der Waals surface area contributed by atoms with Crippen LogP contribution in [0, 0.1) is 11.3 Å². The third-order valence-corrected chi connectivity index (χ3v) is 11.6. The molecule has 1 unspecified atom stereocenters. The second-order valence-corrected chi connectivity index (χ2v) is 19.3. The van der Waals surface area contributed by atoms with Crippen molar-refractivity contribution in [2.24, 2.45) is 5.92 Å². The minimum Gasteiger partial charge on any atom is -0.497 e. The van der Waals surface area contributed by atoms with E-state index in [1.807, 2.05) is 75.4 Å². The first kappa shape index (κ1) is 54.9. The number of alkyl halides is 3. The number of amides is 1. The van der Waals surface area contributed by atoms with Gasteiger partial charge in [0.05, 0.1) is 25.5 Å². The van der Waals surface area contributed by atoms with Crippen LogP contribution in [0.3, 0.4) is 0 Å².